The molecule has 1 N–H and O–H groups in total. The van der Waals surface area contributed by atoms with Gasteiger partial charge in [-0.1, -0.05) is 29.5 Å². The molecule has 10 heteroatoms. The number of aromatic nitrogens is 1. The van der Waals surface area contributed by atoms with Crippen LogP contribution in [-0.4, -0.2) is 40.5 Å². The molecule has 0 radical (unpaired) electrons. The third-order valence-electron chi connectivity index (χ3n) is 6.27. The number of carbonyl (C=O) groups is 3. The summed E-state index contributed by atoms with van der Waals surface area (Å²) in [4.78, 5) is 44.6. The average molecular weight is 523 g/mol. The van der Waals surface area contributed by atoms with Gasteiger partial charge in [0.1, 0.15) is 34.3 Å². The molecule has 0 bridgehead atoms. The number of fused-ring (bicyclic) bond motifs is 1. The number of amides is 1. The summed E-state index contributed by atoms with van der Waals surface area (Å²) in [7, 11) is 0. The van der Waals surface area contributed by atoms with Crippen molar-refractivity contribution in [1.29, 1.82) is 0 Å². The van der Waals surface area contributed by atoms with Crippen LogP contribution in [0, 0.1) is 12.7 Å². The van der Waals surface area contributed by atoms with Crippen molar-refractivity contribution in [3.8, 4) is 5.75 Å². The molecule has 3 aromatic rings. The van der Waals surface area contributed by atoms with E-state index in [2.05, 4.69) is 4.98 Å². The van der Waals surface area contributed by atoms with E-state index in [4.69, 9.17) is 9.47 Å². The zero-order valence-electron chi connectivity index (χ0n) is 20.3. The second kappa shape index (κ2) is 9.44. The first kappa shape index (κ1) is 24.6. The molecule has 0 aliphatic carbocycles. The van der Waals surface area contributed by atoms with Crippen LogP contribution >= 0.6 is 11.3 Å². The third kappa shape index (κ3) is 4.17. The van der Waals surface area contributed by atoms with Crippen molar-refractivity contribution >= 4 is 39.9 Å². The Morgan fingerprint density at radius 3 is 2.76 bits per heavy atom. The standard InChI is InChI=1S/C27H23FN2O6S/c1-4-35-26(34)24-14(3)29-27(37-24)30-21(17-7-5-6-8-18(17)28)20(23(32)25(30)33)22(31)15-9-10-19-16(12-15)11-13(2)36-19/h5-10,12-13,21,31H,4,11H2,1-3H3/t13-,21-/m0/s1. The van der Waals surface area contributed by atoms with Crippen LogP contribution < -0.4 is 9.64 Å². The molecule has 2 aliphatic heterocycles. The summed E-state index contributed by atoms with van der Waals surface area (Å²) in [6.45, 7) is 5.31. The Kier molecular flexibility index (Phi) is 6.28. The average Bonchev–Trinajstić information content (AvgIpc) is 3.51. The SMILES string of the molecule is CCOC(=O)c1sc(N2C(=O)C(=O)C(=C(O)c3ccc4c(c3)C[C@H](C)O4)[C@@H]2c2ccccc2F)nc1C. The summed E-state index contributed by atoms with van der Waals surface area (Å²) < 4.78 is 25.9. The van der Waals surface area contributed by atoms with Gasteiger partial charge in [-0.15, -0.1) is 0 Å². The molecule has 190 valence electrons. The van der Waals surface area contributed by atoms with Crippen LogP contribution in [0.1, 0.15) is 51.9 Å². The Labute approximate surface area is 216 Å². The second-order valence-electron chi connectivity index (χ2n) is 8.78. The molecule has 8 nitrogen and oxygen atoms in total. The van der Waals surface area contributed by atoms with E-state index in [1.807, 2.05) is 6.92 Å². The predicted molar refractivity (Wildman–Crippen MR) is 134 cm³/mol. The minimum atomic E-state index is -1.30. The fourth-order valence-electron chi connectivity index (χ4n) is 4.62. The minimum absolute atomic E-state index is 0.00639. The number of benzene rings is 2. The summed E-state index contributed by atoms with van der Waals surface area (Å²) >= 11 is 0.865. The van der Waals surface area contributed by atoms with Crippen molar-refractivity contribution in [3.05, 3.63) is 81.1 Å². The topological polar surface area (TPSA) is 106 Å². The Bertz CT molecular complexity index is 1480. The maximum Gasteiger partial charge on any atom is 0.350 e. The highest BCUT2D eigenvalue weighted by Crippen LogP contribution is 2.45. The van der Waals surface area contributed by atoms with Crippen molar-refractivity contribution < 1.29 is 33.4 Å². The fourth-order valence-corrected chi connectivity index (χ4v) is 5.60. The summed E-state index contributed by atoms with van der Waals surface area (Å²) in [5.74, 6) is -3.01. The predicted octanol–water partition coefficient (Wildman–Crippen LogP) is 4.72. The molecule has 3 heterocycles. The van der Waals surface area contributed by atoms with E-state index in [1.165, 1.54) is 18.2 Å². The number of hydrogen-bond acceptors (Lipinski definition) is 8. The lowest BCUT2D eigenvalue weighted by molar-refractivity contribution is -0.132. The Morgan fingerprint density at radius 2 is 2.03 bits per heavy atom. The molecular weight excluding hydrogens is 499 g/mol. The number of ether oxygens (including phenoxy) is 2. The molecule has 1 aromatic heterocycles. The summed E-state index contributed by atoms with van der Waals surface area (Å²) in [5, 5.41) is 11.4. The van der Waals surface area contributed by atoms with Crippen molar-refractivity contribution in [2.75, 3.05) is 11.5 Å². The maximum absolute atomic E-state index is 15.1. The van der Waals surface area contributed by atoms with Gasteiger partial charge >= 0.3 is 11.9 Å². The summed E-state index contributed by atoms with van der Waals surface area (Å²) in [6.07, 6.45) is 0.592. The van der Waals surface area contributed by atoms with E-state index < -0.39 is 35.3 Å². The number of rotatable bonds is 5. The molecule has 37 heavy (non-hydrogen) atoms. The first-order valence-electron chi connectivity index (χ1n) is 11.7. The minimum Gasteiger partial charge on any atom is -0.507 e. The fraction of sp³-hybridized carbons (Fsp3) is 0.259. The lowest BCUT2D eigenvalue weighted by Crippen LogP contribution is -2.29. The Morgan fingerprint density at radius 1 is 1.27 bits per heavy atom. The number of thiazole rings is 1. The monoisotopic (exact) mass is 522 g/mol. The smallest absolute Gasteiger partial charge is 0.350 e. The number of carbonyl (C=O) groups excluding carboxylic acids is 3. The van der Waals surface area contributed by atoms with E-state index >= 15 is 4.39 Å². The van der Waals surface area contributed by atoms with Crippen LogP contribution in [0.3, 0.4) is 0 Å². The normalized spacial score (nSPS) is 20.2. The molecular formula is C27H23FN2O6S. The van der Waals surface area contributed by atoms with Gasteiger partial charge in [0.25, 0.3) is 5.78 Å². The number of Topliss-reactive ketones (excluding diaryl/α,β-unsaturated/α-hetero) is 1. The molecule has 2 atom stereocenters. The van der Waals surface area contributed by atoms with Crippen molar-refractivity contribution in [3.63, 3.8) is 0 Å². The molecule has 2 aliphatic rings. The van der Waals surface area contributed by atoms with Crippen LogP contribution in [0.15, 0.2) is 48.0 Å². The van der Waals surface area contributed by atoms with Gasteiger partial charge in [0.15, 0.2) is 5.13 Å². The molecule has 2 aromatic carbocycles. The highest BCUT2D eigenvalue weighted by molar-refractivity contribution is 7.17. The summed E-state index contributed by atoms with van der Waals surface area (Å²) in [5.41, 5.74) is 1.20. The lowest BCUT2D eigenvalue weighted by Gasteiger charge is -2.23. The first-order chi connectivity index (χ1) is 17.7. The maximum atomic E-state index is 15.1. The molecule has 1 amide bonds. The Balaban J connectivity index is 1.68. The molecule has 0 spiro atoms. The number of halogens is 1. The summed E-state index contributed by atoms with van der Waals surface area (Å²) in [6, 6.07) is 9.39. The second-order valence-corrected chi connectivity index (χ2v) is 9.75. The molecule has 0 unspecified atom stereocenters. The largest absolute Gasteiger partial charge is 0.507 e. The molecule has 1 fully saturated rings. The number of esters is 1. The van der Waals surface area contributed by atoms with Gasteiger partial charge in [-0.3, -0.25) is 14.5 Å². The van der Waals surface area contributed by atoms with E-state index in [9.17, 15) is 19.5 Å². The Hall–Kier alpha value is -4.05. The van der Waals surface area contributed by atoms with E-state index in [0.717, 1.165) is 21.8 Å². The third-order valence-corrected chi connectivity index (χ3v) is 7.40. The number of aryl methyl sites for hydroxylation is 1. The zero-order valence-corrected chi connectivity index (χ0v) is 21.1. The molecule has 0 saturated carbocycles. The zero-order chi connectivity index (χ0) is 26.4. The van der Waals surface area contributed by atoms with E-state index in [0.29, 0.717) is 23.4 Å². The number of anilines is 1. The first-order valence-corrected chi connectivity index (χ1v) is 12.5. The van der Waals surface area contributed by atoms with E-state index in [1.54, 1.807) is 38.1 Å². The van der Waals surface area contributed by atoms with Gasteiger partial charge in [-0.2, -0.15) is 0 Å². The van der Waals surface area contributed by atoms with Gasteiger partial charge in [0.2, 0.25) is 0 Å². The van der Waals surface area contributed by atoms with Crippen LogP contribution in [-0.2, 0) is 20.7 Å². The molecule has 5 rings (SSSR count). The van der Waals surface area contributed by atoms with Crippen molar-refractivity contribution in [2.24, 2.45) is 0 Å². The highest BCUT2D eigenvalue weighted by atomic mass is 32.1. The number of ketones is 1. The van der Waals surface area contributed by atoms with E-state index in [-0.39, 0.29) is 33.9 Å². The lowest BCUT2D eigenvalue weighted by atomic mass is 9.94. The van der Waals surface area contributed by atoms with Gasteiger partial charge in [0, 0.05) is 17.5 Å². The van der Waals surface area contributed by atoms with Crippen LogP contribution in [0.4, 0.5) is 9.52 Å². The van der Waals surface area contributed by atoms with Crippen LogP contribution in [0.5, 0.6) is 5.75 Å². The number of aliphatic hydroxyl groups excluding tert-OH is 1. The van der Waals surface area contributed by atoms with Gasteiger partial charge in [-0.25, -0.2) is 14.2 Å². The van der Waals surface area contributed by atoms with Crippen LogP contribution in [0.2, 0.25) is 0 Å². The number of aliphatic hydroxyl groups is 1. The van der Waals surface area contributed by atoms with Gasteiger partial charge in [-0.05, 0) is 50.6 Å². The number of nitrogens with zero attached hydrogens (tertiary/aromatic N) is 2. The van der Waals surface area contributed by atoms with Gasteiger partial charge in [0.05, 0.1) is 17.9 Å². The quantitative estimate of drug-likeness (QED) is 0.224. The number of hydrogen-bond donors (Lipinski definition) is 1. The van der Waals surface area contributed by atoms with Gasteiger partial charge < -0.3 is 14.6 Å². The molecule has 1 saturated heterocycles. The van der Waals surface area contributed by atoms with Crippen molar-refractivity contribution in [2.45, 2.75) is 39.3 Å². The highest BCUT2D eigenvalue weighted by Gasteiger charge is 2.49. The van der Waals surface area contributed by atoms with Crippen molar-refractivity contribution in [1.82, 2.24) is 4.98 Å². The van der Waals surface area contributed by atoms with Crippen LogP contribution in [0.25, 0.3) is 5.76 Å².